The van der Waals surface area contributed by atoms with Gasteiger partial charge in [0.05, 0.1) is 11.4 Å². The summed E-state index contributed by atoms with van der Waals surface area (Å²) in [5.41, 5.74) is 27.7. The molecule has 2 aliphatic heterocycles. The van der Waals surface area contributed by atoms with Gasteiger partial charge in [-0.25, -0.2) is 0 Å². The maximum Gasteiger partial charge on any atom is 0.252 e. The Morgan fingerprint density at radius 3 is 1.66 bits per heavy atom. The molecule has 0 N–H and O–H groups in total. The molecule has 64 heavy (non-hydrogen) atoms. The van der Waals surface area contributed by atoms with Crippen LogP contribution in [0.25, 0.3) is 0 Å². The lowest BCUT2D eigenvalue weighted by molar-refractivity contribution is 0.332. The van der Waals surface area contributed by atoms with Crippen molar-refractivity contribution in [1.29, 1.82) is 0 Å². The van der Waals surface area contributed by atoms with E-state index in [1.165, 1.54) is 130 Å². The topological polar surface area (TPSA) is 9.72 Å². The van der Waals surface area contributed by atoms with Gasteiger partial charge in [-0.05, 0) is 193 Å². The average Bonchev–Trinajstić information content (AvgIpc) is 3.23. The van der Waals surface area contributed by atoms with Gasteiger partial charge in [0.15, 0.2) is 0 Å². The van der Waals surface area contributed by atoms with Crippen molar-refractivity contribution < 1.29 is 0 Å². The molecule has 0 radical (unpaired) electrons. The lowest BCUT2D eigenvalue weighted by Crippen LogP contribution is -2.62. The molecule has 10 rings (SSSR count). The van der Waals surface area contributed by atoms with Crippen LogP contribution in [-0.4, -0.2) is 6.71 Å². The molecule has 3 nitrogen and oxygen atoms in total. The molecule has 4 heteroatoms. The van der Waals surface area contributed by atoms with E-state index in [9.17, 15) is 0 Å². The number of anilines is 8. The van der Waals surface area contributed by atoms with Crippen molar-refractivity contribution >= 4 is 68.6 Å². The molecule has 0 amide bonds. The van der Waals surface area contributed by atoms with Crippen LogP contribution in [0.3, 0.4) is 0 Å². The molecule has 0 saturated carbocycles. The molecule has 0 aromatic heterocycles. The summed E-state index contributed by atoms with van der Waals surface area (Å²) < 4.78 is 0. The lowest BCUT2D eigenvalue weighted by Gasteiger charge is -2.48. The Morgan fingerprint density at radius 2 is 1.09 bits per heavy atom. The number of hydrogen-bond donors (Lipinski definition) is 0. The van der Waals surface area contributed by atoms with Crippen LogP contribution in [-0.2, 0) is 16.2 Å². The Morgan fingerprint density at radius 1 is 0.547 bits per heavy atom. The van der Waals surface area contributed by atoms with E-state index in [1.54, 1.807) is 0 Å². The molecule has 2 heterocycles. The maximum atomic E-state index is 2.69. The van der Waals surface area contributed by atoms with Crippen LogP contribution >= 0.6 is 0 Å². The van der Waals surface area contributed by atoms with Crippen LogP contribution in [0.4, 0.5) is 45.5 Å². The Balaban J connectivity index is 1.33. The zero-order chi connectivity index (χ0) is 45.2. The summed E-state index contributed by atoms with van der Waals surface area (Å²) >= 11 is 0. The minimum Gasteiger partial charge on any atom is -0.311 e. The highest BCUT2D eigenvalue weighted by atomic mass is 15.2. The van der Waals surface area contributed by atoms with Crippen LogP contribution in [0.1, 0.15) is 124 Å². The second-order valence-electron chi connectivity index (χ2n) is 22.0. The second kappa shape index (κ2) is 14.9. The number of para-hydroxylation sites is 1. The standard InChI is InChI=1S/C60H66BN3/c1-37-28-39(3)56(40(4)29-37)63-51-34-46(62(44-20-16-14-17-21-44)45-22-18-15-19-23-45)24-25-49(51)61-50-35-47-48(60(12,13)27-26-59(47,10)11)36-52(50)64(54-31-38(2)30-53(63)55(54)61)57-41(5)32-43(33-42(57)6)58(7,8)9/h14,16-18,20-25,28-36H,15,19,26-27H2,1-13H3. The van der Waals surface area contributed by atoms with Crippen LogP contribution < -0.4 is 31.1 Å². The van der Waals surface area contributed by atoms with Gasteiger partial charge in [-0.2, -0.15) is 0 Å². The van der Waals surface area contributed by atoms with Gasteiger partial charge in [0.25, 0.3) is 6.71 Å². The van der Waals surface area contributed by atoms with Crippen molar-refractivity contribution in [3.63, 3.8) is 0 Å². The van der Waals surface area contributed by atoms with Crippen molar-refractivity contribution in [2.45, 2.75) is 132 Å². The van der Waals surface area contributed by atoms with E-state index in [1.807, 2.05) is 0 Å². The van der Waals surface area contributed by atoms with Crippen LogP contribution in [0.15, 0.2) is 121 Å². The van der Waals surface area contributed by atoms with E-state index >= 15 is 0 Å². The Labute approximate surface area is 384 Å². The van der Waals surface area contributed by atoms with E-state index < -0.39 is 0 Å². The third-order valence-corrected chi connectivity index (χ3v) is 15.1. The number of allylic oxidation sites excluding steroid dienone is 3. The summed E-state index contributed by atoms with van der Waals surface area (Å²) in [5.74, 6) is 0. The van der Waals surface area contributed by atoms with Gasteiger partial charge in [-0.3, -0.25) is 0 Å². The van der Waals surface area contributed by atoms with Gasteiger partial charge >= 0.3 is 0 Å². The summed E-state index contributed by atoms with van der Waals surface area (Å²) in [5, 5.41) is 0. The van der Waals surface area contributed by atoms with Gasteiger partial charge in [0.1, 0.15) is 0 Å². The summed E-state index contributed by atoms with van der Waals surface area (Å²) in [6, 6.07) is 38.3. The fourth-order valence-corrected chi connectivity index (χ4v) is 11.9. The number of aryl methyl sites for hydroxylation is 6. The quantitative estimate of drug-likeness (QED) is 0.160. The fourth-order valence-electron chi connectivity index (χ4n) is 11.9. The number of benzene rings is 6. The van der Waals surface area contributed by atoms with Crippen molar-refractivity contribution in [2.24, 2.45) is 0 Å². The zero-order valence-electron chi connectivity index (χ0n) is 40.7. The number of hydrogen-bond acceptors (Lipinski definition) is 3. The van der Waals surface area contributed by atoms with Gasteiger partial charge in [0.2, 0.25) is 0 Å². The van der Waals surface area contributed by atoms with E-state index in [0.29, 0.717) is 0 Å². The summed E-state index contributed by atoms with van der Waals surface area (Å²) in [6.45, 7) is 30.8. The third kappa shape index (κ3) is 6.69. The number of rotatable bonds is 5. The van der Waals surface area contributed by atoms with E-state index in [-0.39, 0.29) is 23.0 Å². The third-order valence-electron chi connectivity index (χ3n) is 15.1. The van der Waals surface area contributed by atoms with Crippen molar-refractivity contribution in [3.05, 3.63) is 171 Å². The largest absolute Gasteiger partial charge is 0.311 e. The average molecular weight is 840 g/mol. The highest BCUT2D eigenvalue weighted by Gasteiger charge is 2.47. The van der Waals surface area contributed by atoms with Gasteiger partial charge < -0.3 is 14.7 Å². The summed E-state index contributed by atoms with van der Waals surface area (Å²) in [4.78, 5) is 7.80. The molecular formula is C60H66BN3. The first-order valence-corrected chi connectivity index (χ1v) is 23.8. The first kappa shape index (κ1) is 42.2. The van der Waals surface area contributed by atoms with E-state index in [2.05, 4.69) is 220 Å². The minimum atomic E-state index is 0.0303. The lowest BCUT2D eigenvalue weighted by atomic mass is 9.33. The molecule has 0 atom stereocenters. The van der Waals surface area contributed by atoms with Crippen molar-refractivity contribution in [1.82, 2.24) is 0 Å². The molecule has 4 aliphatic rings. The first-order chi connectivity index (χ1) is 30.3. The Bertz CT molecular complexity index is 2910. The molecule has 0 spiro atoms. The van der Waals surface area contributed by atoms with Crippen molar-refractivity contribution in [3.8, 4) is 0 Å². The van der Waals surface area contributed by atoms with Gasteiger partial charge in [-0.15, -0.1) is 0 Å². The molecule has 0 fully saturated rings. The first-order valence-electron chi connectivity index (χ1n) is 23.8. The SMILES string of the molecule is Cc1cc(C)c(N2c3cc(N(C4=CCCC=C4)c4ccccc4)ccc3B3c4cc5c(cc4N(c4c(C)cc(C(C)(C)C)cc4C)c4cc(C)cc2c43)C(C)(C)CCC5(C)C)c(C)c1. The molecule has 0 saturated heterocycles. The second-order valence-corrected chi connectivity index (χ2v) is 22.0. The van der Waals surface area contributed by atoms with E-state index in [0.717, 1.165) is 12.8 Å². The maximum absolute atomic E-state index is 2.69. The Hall–Kier alpha value is -5.74. The van der Waals surface area contributed by atoms with Gasteiger partial charge in [-0.1, -0.05) is 121 Å². The van der Waals surface area contributed by atoms with E-state index in [4.69, 9.17) is 0 Å². The normalized spacial score (nSPS) is 16.8. The minimum absolute atomic E-state index is 0.0303. The molecule has 6 aromatic rings. The molecule has 0 bridgehead atoms. The molecule has 0 unspecified atom stereocenters. The summed E-state index contributed by atoms with van der Waals surface area (Å²) in [7, 11) is 0. The highest BCUT2D eigenvalue weighted by molar-refractivity contribution is 7.00. The predicted octanol–water partition coefficient (Wildman–Crippen LogP) is 14.6. The van der Waals surface area contributed by atoms with Crippen LogP contribution in [0.2, 0.25) is 0 Å². The smallest absolute Gasteiger partial charge is 0.252 e. The van der Waals surface area contributed by atoms with Gasteiger partial charge in [0, 0.05) is 39.8 Å². The predicted molar refractivity (Wildman–Crippen MR) is 278 cm³/mol. The number of fused-ring (bicyclic) bond motifs is 5. The molecule has 324 valence electrons. The molecule has 2 aliphatic carbocycles. The molecule has 6 aromatic carbocycles. The zero-order valence-corrected chi connectivity index (χ0v) is 40.7. The van der Waals surface area contributed by atoms with Crippen LogP contribution in [0, 0.1) is 41.5 Å². The Kier molecular flexibility index (Phi) is 9.84. The fraction of sp³-hybridized carbons (Fsp3) is 0.333. The number of nitrogens with zero attached hydrogens (tertiary/aromatic N) is 3. The molecular weight excluding hydrogens is 773 g/mol. The monoisotopic (exact) mass is 840 g/mol. The van der Waals surface area contributed by atoms with Crippen molar-refractivity contribution in [2.75, 3.05) is 14.7 Å². The summed E-state index contributed by atoms with van der Waals surface area (Å²) in [6.07, 6.45) is 11.5. The van der Waals surface area contributed by atoms with Crippen LogP contribution in [0.5, 0.6) is 0 Å². The highest BCUT2D eigenvalue weighted by Crippen LogP contribution is 2.52.